The predicted octanol–water partition coefficient (Wildman–Crippen LogP) is 1.54. The van der Waals surface area contributed by atoms with Crippen LogP contribution in [0.4, 0.5) is 0 Å². The Labute approximate surface area is 87.1 Å². The summed E-state index contributed by atoms with van der Waals surface area (Å²) in [6, 6.07) is 0. The smallest absolute Gasteiger partial charge is 0.0772 e. The first kappa shape index (κ1) is 11.6. The average molecular weight is 195 g/mol. The Hall–Kier alpha value is -0.520. The van der Waals surface area contributed by atoms with Crippen LogP contribution >= 0.6 is 0 Å². The summed E-state index contributed by atoms with van der Waals surface area (Å²) in [6.45, 7) is 3.43. The van der Waals surface area contributed by atoms with Crippen LogP contribution in [-0.2, 0) is 0 Å². The molecule has 0 amide bonds. The Morgan fingerprint density at radius 1 is 1.50 bits per heavy atom. The van der Waals surface area contributed by atoms with Crippen molar-refractivity contribution >= 4 is 0 Å². The highest BCUT2D eigenvalue weighted by atomic mass is 16.3. The van der Waals surface area contributed by atoms with Gasteiger partial charge in [-0.1, -0.05) is 19.3 Å². The first-order chi connectivity index (χ1) is 6.70. The van der Waals surface area contributed by atoms with Crippen LogP contribution in [0.3, 0.4) is 0 Å². The van der Waals surface area contributed by atoms with E-state index in [-0.39, 0.29) is 0 Å². The quantitative estimate of drug-likeness (QED) is 0.527. The lowest BCUT2D eigenvalue weighted by atomic mass is 9.78. The summed E-state index contributed by atoms with van der Waals surface area (Å²) < 4.78 is 0. The van der Waals surface area contributed by atoms with E-state index in [2.05, 4.69) is 18.2 Å². The summed E-state index contributed by atoms with van der Waals surface area (Å²) in [6.07, 6.45) is 10.5. The molecule has 1 aliphatic rings. The standard InChI is InChI=1S/C12H21NO/c1-3-9-13-10-12(14)7-5-11(4-2)6-8-12/h1,11,13-14H,4-10H2,2H3. The summed E-state index contributed by atoms with van der Waals surface area (Å²) in [5, 5.41) is 13.3. The number of aliphatic hydroxyl groups is 1. The lowest BCUT2D eigenvalue weighted by molar-refractivity contribution is -0.00773. The number of hydrogen-bond acceptors (Lipinski definition) is 2. The van der Waals surface area contributed by atoms with Gasteiger partial charge < -0.3 is 10.4 Å². The van der Waals surface area contributed by atoms with Crippen molar-refractivity contribution in [3.05, 3.63) is 0 Å². The van der Waals surface area contributed by atoms with E-state index < -0.39 is 5.60 Å². The van der Waals surface area contributed by atoms with Gasteiger partial charge in [0.05, 0.1) is 12.1 Å². The van der Waals surface area contributed by atoms with E-state index in [9.17, 15) is 5.11 Å². The van der Waals surface area contributed by atoms with Crippen molar-refractivity contribution in [1.29, 1.82) is 0 Å². The molecule has 0 aromatic rings. The maximum Gasteiger partial charge on any atom is 0.0772 e. The van der Waals surface area contributed by atoms with E-state index in [0.29, 0.717) is 13.1 Å². The van der Waals surface area contributed by atoms with Gasteiger partial charge in [0.15, 0.2) is 0 Å². The van der Waals surface area contributed by atoms with Crippen LogP contribution in [0.1, 0.15) is 39.0 Å². The SMILES string of the molecule is C#CCNCC1(O)CCC(CC)CC1. The molecule has 2 N–H and O–H groups in total. The molecule has 2 nitrogen and oxygen atoms in total. The minimum absolute atomic E-state index is 0.497. The van der Waals surface area contributed by atoms with Gasteiger partial charge in [-0.25, -0.2) is 0 Å². The topological polar surface area (TPSA) is 32.3 Å². The fourth-order valence-electron chi connectivity index (χ4n) is 2.17. The fraction of sp³-hybridized carbons (Fsp3) is 0.833. The minimum atomic E-state index is -0.497. The zero-order chi connectivity index (χ0) is 10.4. The third kappa shape index (κ3) is 3.32. The van der Waals surface area contributed by atoms with Gasteiger partial charge in [-0.3, -0.25) is 0 Å². The number of rotatable bonds is 4. The largest absolute Gasteiger partial charge is 0.389 e. The van der Waals surface area contributed by atoms with Crippen molar-refractivity contribution < 1.29 is 5.11 Å². The zero-order valence-electron chi connectivity index (χ0n) is 9.05. The second kappa shape index (κ2) is 5.38. The van der Waals surface area contributed by atoms with Gasteiger partial charge in [0, 0.05) is 6.54 Å². The van der Waals surface area contributed by atoms with Gasteiger partial charge in [-0.2, -0.15) is 0 Å². The van der Waals surface area contributed by atoms with Gasteiger partial charge in [0.1, 0.15) is 0 Å². The molecule has 0 heterocycles. The van der Waals surface area contributed by atoms with Crippen molar-refractivity contribution in [2.45, 2.75) is 44.6 Å². The van der Waals surface area contributed by atoms with E-state index in [1.54, 1.807) is 0 Å². The number of terminal acetylenes is 1. The molecule has 80 valence electrons. The van der Waals surface area contributed by atoms with E-state index >= 15 is 0 Å². The van der Waals surface area contributed by atoms with Gasteiger partial charge >= 0.3 is 0 Å². The molecule has 0 radical (unpaired) electrons. The molecule has 2 heteroatoms. The molecule has 1 fully saturated rings. The Bertz CT molecular complexity index is 199. The summed E-state index contributed by atoms with van der Waals surface area (Å²) in [5.74, 6) is 3.34. The highest BCUT2D eigenvalue weighted by Crippen LogP contribution is 2.33. The Morgan fingerprint density at radius 3 is 2.64 bits per heavy atom. The second-order valence-electron chi connectivity index (χ2n) is 4.38. The average Bonchev–Trinajstić information content (AvgIpc) is 2.19. The van der Waals surface area contributed by atoms with Gasteiger partial charge in [-0.05, 0) is 31.6 Å². The van der Waals surface area contributed by atoms with Gasteiger partial charge in [-0.15, -0.1) is 6.42 Å². The molecule has 0 aromatic carbocycles. The van der Waals surface area contributed by atoms with Crippen LogP contribution in [0.25, 0.3) is 0 Å². The number of nitrogens with one attached hydrogen (secondary N) is 1. The molecule has 1 saturated carbocycles. The van der Waals surface area contributed by atoms with Crippen LogP contribution in [0.2, 0.25) is 0 Å². The maximum absolute atomic E-state index is 10.2. The van der Waals surface area contributed by atoms with Crippen molar-refractivity contribution in [2.75, 3.05) is 13.1 Å². The van der Waals surface area contributed by atoms with E-state index in [4.69, 9.17) is 6.42 Å². The minimum Gasteiger partial charge on any atom is -0.389 e. The monoisotopic (exact) mass is 195 g/mol. The molecule has 0 aliphatic heterocycles. The molecule has 0 spiro atoms. The highest BCUT2D eigenvalue weighted by Gasteiger charge is 2.31. The van der Waals surface area contributed by atoms with E-state index in [1.807, 2.05) is 0 Å². The molecule has 0 unspecified atom stereocenters. The van der Waals surface area contributed by atoms with Gasteiger partial charge in [0.25, 0.3) is 0 Å². The van der Waals surface area contributed by atoms with Crippen LogP contribution < -0.4 is 5.32 Å². The summed E-state index contributed by atoms with van der Waals surface area (Å²) in [7, 11) is 0. The lowest BCUT2D eigenvalue weighted by Gasteiger charge is -2.35. The van der Waals surface area contributed by atoms with E-state index in [1.165, 1.54) is 6.42 Å². The van der Waals surface area contributed by atoms with Crippen molar-refractivity contribution in [1.82, 2.24) is 5.32 Å². The van der Waals surface area contributed by atoms with Crippen molar-refractivity contribution in [3.8, 4) is 12.3 Å². The Morgan fingerprint density at radius 2 is 2.14 bits per heavy atom. The second-order valence-corrected chi connectivity index (χ2v) is 4.38. The summed E-state index contributed by atoms with van der Waals surface area (Å²) >= 11 is 0. The van der Waals surface area contributed by atoms with Crippen LogP contribution in [0, 0.1) is 18.3 Å². The van der Waals surface area contributed by atoms with Gasteiger partial charge in [0.2, 0.25) is 0 Å². The molecule has 0 atom stereocenters. The lowest BCUT2D eigenvalue weighted by Crippen LogP contribution is -2.43. The highest BCUT2D eigenvalue weighted by molar-refractivity contribution is 4.91. The summed E-state index contributed by atoms with van der Waals surface area (Å²) in [5.41, 5.74) is -0.497. The molecular weight excluding hydrogens is 174 g/mol. The molecule has 1 aliphatic carbocycles. The molecule has 1 rings (SSSR count). The summed E-state index contributed by atoms with van der Waals surface area (Å²) in [4.78, 5) is 0. The third-order valence-electron chi connectivity index (χ3n) is 3.29. The first-order valence-electron chi connectivity index (χ1n) is 5.57. The fourth-order valence-corrected chi connectivity index (χ4v) is 2.17. The van der Waals surface area contributed by atoms with Crippen molar-refractivity contribution in [2.24, 2.45) is 5.92 Å². The Kier molecular flexibility index (Phi) is 4.44. The molecule has 14 heavy (non-hydrogen) atoms. The molecule has 0 bridgehead atoms. The van der Waals surface area contributed by atoms with Crippen molar-refractivity contribution in [3.63, 3.8) is 0 Å². The normalized spacial score (nSPS) is 32.5. The number of hydrogen-bond donors (Lipinski definition) is 2. The first-order valence-corrected chi connectivity index (χ1v) is 5.57. The molecule has 0 aromatic heterocycles. The third-order valence-corrected chi connectivity index (χ3v) is 3.29. The van der Waals surface area contributed by atoms with Crippen LogP contribution in [0.5, 0.6) is 0 Å². The van der Waals surface area contributed by atoms with Crippen LogP contribution in [-0.4, -0.2) is 23.8 Å². The molecule has 0 saturated heterocycles. The zero-order valence-corrected chi connectivity index (χ0v) is 9.05. The van der Waals surface area contributed by atoms with E-state index in [0.717, 1.165) is 31.6 Å². The maximum atomic E-state index is 10.2. The van der Waals surface area contributed by atoms with Crippen LogP contribution in [0.15, 0.2) is 0 Å². The molecular formula is C12H21NO. The Balaban J connectivity index is 2.27. The predicted molar refractivity (Wildman–Crippen MR) is 58.9 cm³/mol.